The molecule has 1 heterocycles. The molecule has 1 aromatic heterocycles. The van der Waals surface area contributed by atoms with Gasteiger partial charge in [0.05, 0.1) is 0 Å². The third-order valence-corrected chi connectivity index (χ3v) is 2.33. The Morgan fingerprint density at radius 2 is 2.17 bits per heavy atom. The number of amides is 2. The van der Waals surface area contributed by atoms with Crippen molar-refractivity contribution in [2.45, 2.75) is 26.5 Å². The largest absolute Gasteiger partial charge is 0.437 e. The van der Waals surface area contributed by atoms with Crippen molar-refractivity contribution in [2.24, 2.45) is 5.73 Å². The lowest BCUT2D eigenvalue weighted by Gasteiger charge is -2.12. The first kappa shape index (κ1) is 13.8. The number of carbonyl (C=O) groups is 2. The van der Waals surface area contributed by atoms with Gasteiger partial charge in [-0.2, -0.15) is 0 Å². The number of ether oxygens (including phenoxy) is 1. The number of rotatable bonds is 4. The fraction of sp³-hybridized carbons (Fsp3) is 0.364. The first-order chi connectivity index (χ1) is 8.40. The molecule has 0 aliphatic carbocycles. The van der Waals surface area contributed by atoms with Crippen LogP contribution in [-0.2, 0) is 16.1 Å². The summed E-state index contributed by atoms with van der Waals surface area (Å²) in [5.41, 5.74) is 11.9. The minimum absolute atomic E-state index is 0.282. The summed E-state index contributed by atoms with van der Waals surface area (Å²) in [4.78, 5) is 26.1. The summed E-state index contributed by atoms with van der Waals surface area (Å²) >= 11 is 0. The van der Waals surface area contributed by atoms with Gasteiger partial charge in [-0.05, 0) is 25.5 Å². The summed E-state index contributed by atoms with van der Waals surface area (Å²) in [5, 5.41) is 2.61. The van der Waals surface area contributed by atoms with E-state index in [-0.39, 0.29) is 6.54 Å². The van der Waals surface area contributed by atoms with Gasteiger partial charge in [-0.1, -0.05) is 6.07 Å². The maximum atomic E-state index is 11.5. The van der Waals surface area contributed by atoms with E-state index in [1.165, 1.54) is 6.92 Å². The van der Waals surface area contributed by atoms with E-state index < -0.39 is 18.1 Å². The van der Waals surface area contributed by atoms with Crippen LogP contribution < -0.4 is 16.8 Å². The molecule has 1 atom stereocenters. The second-order valence-electron chi connectivity index (χ2n) is 3.78. The van der Waals surface area contributed by atoms with E-state index in [1.807, 2.05) is 0 Å². The molecule has 18 heavy (non-hydrogen) atoms. The first-order valence-corrected chi connectivity index (χ1v) is 5.36. The molecular weight excluding hydrogens is 236 g/mol. The van der Waals surface area contributed by atoms with Crippen molar-refractivity contribution in [3.63, 3.8) is 0 Å². The van der Waals surface area contributed by atoms with Crippen molar-refractivity contribution < 1.29 is 14.3 Å². The van der Waals surface area contributed by atoms with E-state index in [1.54, 1.807) is 19.1 Å². The Bertz CT molecular complexity index is 462. The second-order valence-corrected chi connectivity index (χ2v) is 3.78. The Morgan fingerprint density at radius 1 is 1.50 bits per heavy atom. The van der Waals surface area contributed by atoms with Crippen LogP contribution in [0, 0.1) is 6.92 Å². The third-order valence-electron chi connectivity index (χ3n) is 2.33. The molecule has 0 aliphatic heterocycles. The molecule has 0 aromatic carbocycles. The van der Waals surface area contributed by atoms with Gasteiger partial charge in [0.1, 0.15) is 5.82 Å². The molecule has 0 bridgehead atoms. The van der Waals surface area contributed by atoms with Crippen LogP contribution in [0.4, 0.5) is 10.6 Å². The van der Waals surface area contributed by atoms with E-state index in [0.29, 0.717) is 5.82 Å². The van der Waals surface area contributed by atoms with Gasteiger partial charge in [0.25, 0.3) is 5.91 Å². The van der Waals surface area contributed by atoms with Gasteiger partial charge in [-0.25, -0.2) is 9.78 Å². The highest BCUT2D eigenvalue weighted by atomic mass is 16.6. The summed E-state index contributed by atoms with van der Waals surface area (Å²) in [7, 11) is 0. The number of nitrogens with two attached hydrogens (primary N) is 2. The number of pyridine rings is 1. The summed E-state index contributed by atoms with van der Waals surface area (Å²) in [5.74, 6) is -0.00182. The molecule has 7 heteroatoms. The number of hydrogen-bond donors (Lipinski definition) is 3. The Hall–Kier alpha value is -2.31. The minimum atomic E-state index is -0.983. The SMILES string of the molecule is Cc1nc(N)ccc1CNC(=O)C(C)OC(N)=O. The van der Waals surface area contributed by atoms with Crippen LogP contribution >= 0.6 is 0 Å². The Kier molecular flexibility index (Phi) is 4.47. The van der Waals surface area contributed by atoms with Crippen LogP contribution in [0.2, 0.25) is 0 Å². The predicted molar refractivity (Wildman–Crippen MR) is 65.4 cm³/mol. The molecule has 7 nitrogen and oxygen atoms in total. The number of nitrogens with zero attached hydrogens (tertiary/aromatic N) is 1. The Morgan fingerprint density at radius 3 is 2.72 bits per heavy atom. The maximum Gasteiger partial charge on any atom is 0.405 e. The van der Waals surface area contributed by atoms with Gasteiger partial charge >= 0.3 is 6.09 Å². The lowest BCUT2D eigenvalue weighted by molar-refractivity contribution is -0.128. The van der Waals surface area contributed by atoms with Crippen molar-refractivity contribution in [1.82, 2.24) is 10.3 Å². The molecule has 0 aliphatic rings. The number of aryl methyl sites for hydroxylation is 1. The number of hydrogen-bond acceptors (Lipinski definition) is 5. The topological polar surface area (TPSA) is 120 Å². The van der Waals surface area contributed by atoms with Gasteiger partial charge in [0, 0.05) is 12.2 Å². The van der Waals surface area contributed by atoms with Crippen molar-refractivity contribution in [3.05, 3.63) is 23.4 Å². The molecule has 1 aromatic rings. The zero-order valence-electron chi connectivity index (χ0n) is 10.3. The average molecular weight is 252 g/mol. The van der Waals surface area contributed by atoms with Crippen molar-refractivity contribution in [3.8, 4) is 0 Å². The molecule has 1 unspecified atom stereocenters. The van der Waals surface area contributed by atoms with Gasteiger partial charge in [-0.15, -0.1) is 0 Å². The van der Waals surface area contributed by atoms with Gasteiger partial charge in [-0.3, -0.25) is 4.79 Å². The average Bonchev–Trinajstić information content (AvgIpc) is 2.26. The van der Waals surface area contributed by atoms with Gasteiger partial charge in [0.2, 0.25) is 0 Å². The lowest BCUT2D eigenvalue weighted by Crippen LogP contribution is -2.36. The third kappa shape index (κ3) is 3.93. The minimum Gasteiger partial charge on any atom is -0.437 e. The lowest BCUT2D eigenvalue weighted by atomic mass is 10.2. The molecule has 0 saturated carbocycles. The molecular formula is C11H16N4O3. The summed E-state index contributed by atoms with van der Waals surface area (Å²) in [6.07, 6.45) is -1.91. The van der Waals surface area contributed by atoms with Gasteiger partial charge in [0.15, 0.2) is 6.10 Å². The highest BCUT2D eigenvalue weighted by Crippen LogP contribution is 2.07. The normalized spacial score (nSPS) is 11.7. The molecule has 98 valence electrons. The first-order valence-electron chi connectivity index (χ1n) is 5.36. The molecule has 0 radical (unpaired) electrons. The van der Waals surface area contributed by atoms with Crippen LogP contribution in [0.3, 0.4) is 0 Å². The van der Waals surface area contributed by atoms with E-state index in [0.717, 1.165) is 11.3 Å². The quantitative estimate of drug-likeness (QED) is 0.700. The highest BCUT2D eigenvalue weighted by molar-refractivity contribution is 5.82. The molecule has 0 saturated heterocycles. The van der Waals surface area contributed by atoms with E-state index in [9.17, 15) is 9.59 Å². The number of nitrogens with one attached hydrogen (secondary N) is 1. The monoisotopic (exact) mass is 252 g/mol. The van der Waals surface area contributed by atoms with E-state index in [2.05, 4.69) is 15.0 Å². The number of anilines is 1. The van der Waals surface area contributed by atoms with Crippen LogP contribution in [0.5, 0.6) is 0 Å². The number of nitrogen functional groups attached to an aromatic ring is 1. The fourth-order valence-electron chi connectivity index (χ4n) is 1.35. The molecule has 1 rings (SSSR count). The summed E-state index contributed by atoms with van der Waals surface area (Å²) < 4.78 is 4.54. The second kappa shape index (κ2) is 5.85. The fourth-order valence-corrected chi connectivity index (χ4v) is 1.35. The van der Waals surface area contributed by atoms with Crippen molar-refractivity contribution in [2.75, 3.05) is 5.73 Å². The summed E-state index contributed by atoms with van der Waals surface area (Å²) in [6.45, 7) is 3.51. The number of primary amides is 1. The van der Waals surface area contributed by atoms with E-state index >= 15 is 0 Å². The molecule has 0 spiro atoms. The smallest absolute Gasteiger partial charge is 0.405 e. The zero-order valence-corrected chi connectivity index (χ0v) is 10.3. The number of aromatic nitrogens is 1. The number of carbonyl (C=O) groups excluding carboxylic acids is 2. The van der Waals surface area contributed by atoms with Crippen LogP contribution in [-0.4, -0.2) is 23.1 Å². The van der Waals surface area contributed by atoms with Crippen LogP contribution in [0.1, 0.15) is 18.2 Å². The Labute approximate surface area is 105 Å². The van der Waals surface area contributed by atoms with Crippen molar-refractivity contribution in [1.29, 1.82) is 0 Å². The molecule has 0 fully saturated rings. The predicted octanol–water partition coefficient (Wildman–Crippen LogP) is 0.0722. The van der Waals surface area contributed by atoms with Gasteiger partial charge < -0.3 is 21.5 Å². The zero-order chi connectivity index (χ0) is 13.7. The highest BCUT2D eigenvalue weighted by Gasteiger charge is 2.15. The van der Waals surface area contributed by atoms with E-state index in [4.69, 9.17) is 11.5 Å². The molecule has 2 amide bonds. The summed E-state index contributed by atoms with van der Waals surface area (Å²) in [6, 6.07) is 3.43. The van der Waals surface area contributed by atoms with Crippen molar-refractivity contribution >= 4 is 17.8 Å². The standard InChI is InChI=1S/C11H16N4O3/c1-6-8(3-4-9(12)15-6)5-14-10(16)7(2)18-11(13)17/h3-4,7H,5H2,1-2H3,(H2,12,15)(H2,13,17)(H,14,16). The Balaban J connectivity index is 2.54. The van der Waals surface area contributed by atoms with Crippen LogP contribution in [0.25, 0.3) is 0 Å². The molecule has 5 N–H and O–H groups in total. The van der Waals surface area contributed by atoms with Crippen LogP contribution in [0.15, 0.2) is 12.1 Å². The maximum absolute atomic E-state index is 11.5.